The lowest BCUT2D eigenvalue weighted by Gasteiger charge is -2.08. The van der Waals surface area contributed by atoms with E-state index in [0.717, 1.165) is 15.8 Å². The maximum atomic E-state index is 11.7. The van der Waals surface area contributed by atoms with E-state index in [9.17, 15) is 4.79 Å². The molecular weight excluding hydrogens is 288 g/mol. The molecule has 0 radical (unpaired) electrons. The van der Waals surface area contributed by atoms with Gasteiger partial charge in [0.15, 0.2) is 0 Å². The fourth-order valence-electron chi connectivity index (χ4n) is 1.13. The molecule has 1 rings (SSSR count). The summed E-state index contributed by atoms with van der Waals surface area (Å²) in [5, 5.41) is 0. The van der Waals surface area contributed by atoms with Crippen molar-refractivity contribution in [1.82, 2.24) is 0 Å². The topological polar surface area (TPSA) is 26.3 Å². The summed E-state index contributed by atoms with van der Waals surface area (Å²) in [6.45, 7) is 4.65. The Morgan fingerprint density at radius 2 is 2.19 bits per heavy atom. The largest absolute Gasteiger partial charge is 0.462 e. The highest BCUT2D eigenvalue weighted by Gasteiger charge is 2.11. The van der Waals surface area contributed by atoms with Crippen LogP contribution >= 0.6 is 28.6 Å². The Morgan fingerprint density at radius 1 is 1.50 bits per heavy atom. The molecule has 88 valence electrons. The van der Waals surface area contributed by atoms with Gasteiger partial charge in [0, 0.05) is 9.37 Å². The molecule has 16 heavy (non-hydrogen) atoms. The second-order valence-electron chi connectivity index (χ2n) is 3.98. The smallest absolute Gasteiger partial charge is 0.339 e. The second-order valence-corrected chi connectivity index (χ2v) is 5.35. The van der Waals surface area contributed by atoms with E-state index in [-0.39, 0.29) is 5.97 Å². The van der Waals surface area contributed by atoms with Crippen molar-refractivity contribution in [2.75, 3.05) is 6.61 Å². The van der Waals surface area contributed by atoms with E-state index < -0.39 is 0 Å². The summed E-state index contributed by atoms with van der Waals surface area (Å²) < 4.78 is 5.91. The van der Waals surface area contributed by atoms with Crippen molar-refractivity contribution in [2.45, 2.75) is 25.2 Å². The van der Waals surface area contributed by atoms with Crippen molar-refractivity contribution in [3.63, 3.8) is 0 Å². The Labute approximate surface area is 110 Å². The van der Waals surface area contributed by atoms with Crippen molar-refractivity contribution < 1.29 is 9.53 Å². The molecule has 0 unspecified atom stereocenters. The van der Waals surface area contributed by atoms with Crippen LogP contribution in [0.3, 0.4) is 0 Å². The van der Waals surface area contributed by atoms with Crippen LogP contribution in [0.15, 0.2) is 27.6 Å². The molecule has 2 nitrogen and oxygen atoms in total. The number of hydrogen-bond acceptors (Lipinski definition) is 3. The third-order valence-electron chi connectivity index (χ3n) is 2.10. The Kier molecular flexibility index (Phi) is 5.35. The lowest BCUT2D eigenvalue weighted by atomic mass is 10.1. The zero-order valence-corrected chi connectivity index (χ0v) is 11.8. The number of halogens is 1. The van der Waals surface area contributed by atoms with Crippen LogP contribution in [-0.4, -0.2) is 12.6 Å². The zero-order chi connectivity index (χ0) is 12.1. The van der Waals surface area contributed by atoms with Gasteiger partial charge in [0.25, 0.3) is 0 Å². The first-order valence-electron chi connectivity index (χ1n) is 5.16. The van der Waals surface area contributed by atoms with Gasteiger partial charge in [0.2, 0.25) is 0 Å². The molecule has 1 aromatic carbocycles. The minimum atomic E-state index is -0.302. The van der Waals surface area contributed by atoms with Crippen LogP contribution in [0.25, 0.3) is 0 Å². The van der Waals surface area contributed by atoms with Gasteiger partial charge < -0.3 is 4.74 Å². The number of rotatable bonds is 4. The van der Waals surface area contributed by atoms with E-state index in [0.29, 0.717) is 18.1 Å². The highest BCUT2D eigenvalue weighted by molar-refractivity contribution is 9.10. The van der Waals surface area contributed by atoms with Gasteiger partial charge in [-0.2, -0.15) is 0 Å². The van der Waals surface area contributed by atoms with Gasteiger partial charge in [-0.05, 0) is 46.5 Å². The first-order valence-corrected chi connectivity index (χ1v) is 6.40. The molecule has 0 saturated carbocycles. The van der Waals surface area contributed by atoms with Crippen molar-refractivity contribution in [1.29, 1.82) is 0 Å². The predicted octanol–water partition coefficient (Wildman–Crippen LogP) is 3.94. The van der Waals surface area contributed by atoms with Crippen LogP contribution in [0.2, 0.25) is 0 Å². The monoisotopic (exact) mass is 302 g/mol. The summed E-state index contributed by atoms with van der Waals surface area (Å²) in [5.74, 6) is 0.232. The first kappa shape index (κ1) is 13.6. The summed E-state index contributed by atoms with van der Waals surface area (Å²) in [6, 6.07) is 5.31. The quantitative estimate of drug-likeness (QED) is 0.673. The van der Waals surface area contributed by atoms with E-state index >= 15 is 0 Å². The number of carbonyl (C=O) groups excluding carboxylic acids is 1. The number of thiol groups is 1. The van der Waals surface area contributed by atoms with Crippen molar-refractivity contribution in [3.05, 3.63) is 28.2 Å². The Bertz CT molecular complexity index is 377. The standard InChI is InChI=1S/C12H15BrO2S/c1-8(2)5-6-15-12(14)10-7-9(16)3-4-11(10)13/h3-4,7-8,16H,5-6H2,1-2H3. The zero-order valence-electron chi connectivity index (χ0n) is 9.37. The van der Waals surface area contributed by atoms with Crippen molar-refractivity contribution in [3.8, 4) is 0 Å². The van der Waals surface area contributed by atoms with E-state index in [1.807, 2.05) is 6.07 Å². The van der Waals surface area contributed by atoms with Gasteiger partial charge in [-0.25, -0.2) is 4.79 Å². The average Bonchev–Trinajstić information content (AvgIpc) is 2.21. The number of benzene rings is 1. The third kappa shape index (κ3) is 4.18. The van der Waals surface area contributed by atoms with Gasteiger partial charge in [-0.3, -0.25) is 0 Å². The summed E-state index contributed by atoms with van der Waals surface area (Å²) in [4.78, 5) is 12.5. The molecule has 0 saturated heterocycles. The predicted molar refractivity (Wildman–Crippen MR) is 71.1 cm³/mol. The molecular formula is C12H15BrO2S. The third-order valence-corrected chi connectivity index (χ3v) is 3.07. The SMILES string of the molecule is CC(C)CCOC(=O)c1cc(S)ccc1Br. The first-order chi connectivity index (χ1) is 7.50. The molecule has 0 aromatic heterocycles. The average molecular weight is 303 g/mol. The Morgan fingerprint density at radius 3 is 2.81 bits per heavy atom. The Balaban J connectivity index is 2.62. The normalized spacial score (nSPS) is 10.6. The molecule has 0 heterocycles. The van der Waals surface area contributed by atoms with E-state index in [1.54, 1.807) is 12.1 Å². The van der Waals surface area contributed by atoms with E-state index in [1.165, 1.54) is 0 Å². The molecule has 0 spiro atoms. The lowest BCUT2D eigenvalue weighted by Crippen LogP contribution is -2.08. The summed E-state index contributed by atoms with van der Waals surface area (Å²) in [7, 11) is 0. The highest BCUT2D eigenvalue weighted by Crippen LogP contribution is 2.21. The van der Waals surface area contributed by atoms with E-state index in [2.05, 4.69) is 42.4 Å². The van der Waals surface area contributed by atoms with Gasteiger partial charge in [0.1, 0.15) is 0 Å². The molecule has 0 bridgehead atoms. The number of hydrogen-bond donors (Lipinski definition) is 1. The molecule has 0 aliphatic carbocycles. The molecule has 0 fully saturated rings. The highest BCUT2D eigenvalue weighted by atomic mass is 79.9. The molecule has 0 atom stereocenters. The van der Waals surface area contributed by atoms with Gasteiger partial charge in [-0.1, -0.05) is 13.8 Å². The van der Waals surface area contributed by atoms with Crippen LogP contribution in [0.4, 0.5) is 0 Å². The molecule has 0 aliphatic rings. The van der Waals surface area contributed by atoms with Gasteiger partial charge in [-0.15, -0.1) is 12.6 Å². The van der Waals surface area contributed by atoms with Crippen LogP contribution in [-0.2, 0) is 4.74 Å². The van der Waals surface area contributed by atoms with E-state index in [4.69, 9.17) is 4.74 Å². The van der Waals surface area contributed by atoms with Crippen LogP contribution in [0.1, 0.15) is 30.6 Å². The number of esters is 1. The Hall–Kier alpha value is -0.480. The molecule has 0 aliphatic heterocycles. The fourth-order valence-corrected chi connectivity index (χ4v) is 1.75. The van der Waals surface area contributed by atoms with Crippen molar-refractivity contribution >= 4 is 34.5 Å². The van der Waals surface area contributed by atoms with Crippen LogP contribution in [0, 0.1) is 5.92 Å². The van der Waals surface area contributed by atoms with Crippen molar-refractivity contribution in [2.24, 2.45) is 5.92 Å². The summed E-state index contributed by atoms with van der Waals surface area (Å²) in [6.07, 6.45) is 0.879. The summed E-state index contributed by atoms with van der Waals surface area (Å²) >= 11 is 7.51. The molecule has 1 aromatic rings. The second kappa shape index (κ2) is 6.30. The lowest BCUT2D eigenvalue weighted by molar-refractivity contribution is 0.0486. The molecule has 0 N–H and O–H groups in total. The number of ether oxygens (including phenoxy) is 1. The maximum absolute atomic E-state index is 11.7. The minimum absolute atomic E-state index is 0.302. The van der Waals surface area contributed by atoms with Gasteiger partial charge in [0.05, 0.1) is 12.2 Å². The minimum Gasteiger partial charge on any atom is -0.462 e. The van der Waals surface area contributed by atoms with Gasteiger partial charge >= 0.3 is 5.97 Å². The van der Waals surface area contributed by atoms with Crippen LogP contribution < -0.4 is 0 Å². The number of carbonyl (C=O) groups is 1. The molecule has 0 amide bonds. The maximum Gasteiger partial charge on any atom is 0.339 e. The summed E-state index contributed by atoms with van der Waals surface area (Å²) in [5.41, 5.74) is 0.524. The van der Waals surface area contributed by atoms with Crippen LogP contribution in [0.5, 0.6) is 0 Å². The fraction of sp³-hybridized carbons (Fsp3) is 0.417. The molecule has 4 heteroatoms.